The molecule has 0 aromatic heterocycles. The van der Waals surface area contributed by atoms with Crippen LogP contribution < -0.4 is 15.4 Å². The van der Waals surface area contributed by atoms with Gasteiger partial charge in [-0.1, -0.05) is 32.4 Å². The summed E-state index contributed by atoms with van der Waals surface area (Å²) in [6, 6.07) is 6.28. The van der Waals surface area contributed by atoms with Gasteiger partial charge in [0.25, 0.3) is 0 Å². The van der Waals surface area contributed by atoms with E-state index in [0.717, 1.165) is 39.3 Å². The van der Waals surface area contributed by atoms with Gasteiger partial charge >= 0.3 is 5.97 Å². The van der Waals surface area contributed by atoms with Gasteiger partial charge in [0.15, 0.2) is 0 Å². The summed E-state index contributed by atoms with van der Waals surface area (Å²) in [5.41, 5.74) is -0.538. The number of carbonyl (C=O) groups excluding carboxylic acids is 2. The van der Waals surface area contributed by atoms with Crippen molar-refractivity contribution in [2.24, 2.45) is 11.3 Å². The molecule has 0 aliphatic carbocycles. The standard InChI is InChI=1S/C27H42ClN3O6/c1-27(2,3)24(26(35)29-12-6-13-31-14-17-36-18-15-31)30-25(34)20(19-23(32)33)7-4-5-16-37-22-10-8-21(28)9-11-22/h8-11,20,24H,4-7,12-19H2,1-3H3,(H,29,35)(H,30,34)(H,32,33)/t20-,24-/m1/s1. The van der Waals surface area contributed by atoms with E-state index >= 15 is 0 Å². The van der Waals surface area contributed by atoms with Gasteiger partial charge in [-0.2, -0.15) is 0 Å². The summed E-state index contributed by atoms with van der Waals surface area (Å²) in [7, 11) is 0. The van der Waals surface area contributed by atoms with Gasteiger partial charge in [0.05, 0.1) is 26.2 Å². The number of benzene rings is 1. The number of amides is 2. The van der Waals surface area contributed by atoms with Crippen LogP contribution in [0.4, 0.5) is 0 Å². The first-order valence-electron chi connectivity index (χ1n) is 13.0. The Bertz CT molecular complexity index is 853. The number of hydrogen-bond donors (Lipinski definition) is 3. The molecule has 1 saturated heterocycles. The molecule has 3 N–H and O–H groups in total. The Hall–Kier alpha value is -2.36. The molecule has 1 fully saturated rings. The van der Waals surface area contributed by atoms with Gasteiger partial charge in [-0.05, 0) is 61.9 Å². The molecule has 10 heteroatoms. The van der Waals surface area contributed by atoms with Crippen molar-refractivity contribution >= 4 is 29.4 Å². The Balaban J connectivity index is 1.82. The van der Waals surface area contributed by atoms with Crippen LogP contribution in [0.25, 0.3) is 0 Å². The van der Waals surface area contributed by atoms with E-state index in [9.17, 15) is 19.5 Å². The van der Waals surface area contributed by atoms with Gasteiger partial charge in [0.2, 0.25) is 11.8 Å². The molecule has 2 rings (SSSR count). The largest absolute Gasteiger partial charge is 0.494 e. The summed E-state index contributed by atoms with van der Waals surface area (Å²) in [5.74, 6) is -1.74. The smallest absolute Gasteiger partial charge is 0.304 e. The van der Waals surface area contributed by atoms with Crippen LogP contribution in [0.1, 0.15) is 52.9 Å². The van der Waals surface area contributed by atoms with Gasteiger partial charge in [-0.15, -0.1) is 0 Å². The Morgan fingerprint density at radius 1 is 1.08 bits per heavy atom. The first kappa shape index (κ1) is 30.9. The highest BCUT2D eigenvalue weighted by molar-refractivity contribution is 6.30. The van der Waals surface area contributed by atoms with Crippen molar-refractivity contribution in [2.75, 3.05) is 46.0 Å². The van der Waals surface area contributed by atoms with Gasteiger partial charge in [-0.3, -0.25) is 19.3 Å². The zero-order valence-corrected chi connectivity index (χ0v) is 23.0. The molecule has 1 aliphatic heterocycles. The maximum Gasteiger partial charge on any atom is 0.304 e. The van der Waals surface area contributed by atoms with Crippen LogP contribution >= 0.6 is 11.6 Å². The number of carboxylic acid groups (broad SMARTS) is 1. The monoisotopic (exact) mass is 539 g/mol. The molecule has 1 aromatic rings. The third kappa shape index (κ3) is 12.2. The lowest BCUT2D eigenvalue weighted by molar-refractivity contribution is -0.142. The van der Waals surface area contributed by atoms with Crippen molar-refractivity contribution in [1.82, 2.24) is 15.5 Å². The highest BCUT2D eigenvalue weighted by atomic mass is 35.5. The number of morpholine rings is 1. The molecule has 9 nitrogen and oxygen atoms in total. The Kier molecular flexibility index (Phi) is 13.2. The molecule has 2 atom stereocenters. The minimum atomic E-state index is -1.04. The molecule has 1 aromatic carbocycles. The Morgan fingerprint density at radius 2 is 1.76 bits per heavy atom. The van der Waals surface area contributed by atoms with E-state index < -0.39 is 29.3 Å². The number of aliphatic carboxylic acids is 1. The number of carboxylic acids is 1. The maximum atomic E-state index is 13.1. The molecule has 1 aliphatic rings. The molecule has 1 heterocycles. The Labute approximate surface area is 225 Å². The summed E-state index contributed by atoms with van der Waals surface area (Å²) in [6.07, 6.45) is 2.18. The van der Waals surface area contributed by atoms with Crippen molar-refractivity contribution in [3.05, 3.63) is 29.3 Å². The van der Waals surface area contributed by atoms with Crippen molar-refractivity contribution in [1.29, 1.82) is 0 Å². The van der Waals surface area contributed by atoms with Crippen LogP contribution in [0.2, 0.25) is 5.02 Å². The molecule has 37 heavy (non-hydrogen) atoms. The first-order chi connectivity index (χ1) is 17.6. The summed E-state index contributed by atoms with van der Waals surface area (Å²) >= 11 is 5.87. The fourth-order valence-corrected chi connectivity index (χ4v) is 4.25. The fraction of sp³-hybridized carbons (Fsp3) is 0.667. The number of unbranched alkanes of at least 4 members (excludes halogenated alkanes) is 1. The summed E-state index contributed by atoms with van der Waals surface area (Å²) < 4.78 is 11.0. The number of halogens is 1. The normalized spacial score (nSPS) is 16.0. The highest BCUT2D eigenvalue weighted by Gasteiger charge is 2.34. The minimum Gasteiger partial charge on any atom is -0.494 e. The second kappa shape index (κ2) is 15.8. The van der Waals surface area contributed by atoms with Crippen LogP contribution in [0.3, 0.4) is 0 Å². The van der Waals surface area contributed by atoms with Crippen molar-refractivity contribution in [2.45, 2.75) is 58.9 Å². The molecular formula is C27H42ClN3O6. The number of carbonyl (C=O) groups is 3. The molecule has 0 spiro atoms. The highest BCUT2D eigenvalue weighted by Crippen LogP contribution is 2.22. The number of nitrogens with zero attached hydrogens (tertiary/aromatic N) is 1. The molecule has 0 unspecified atom stereocenters. The van der Waals surface area contributed by atoms with Gasteiger partial charge in [0.1, 0.15) is 11.8 Å². The van der Waals surface area contributed by atoms with E-state index in [2.05, 4.69) is 15.5 Å². The number of nitrogens with one attached hydrogen (secondary N) is 2. The fourth-order valence-electron chi connectivity index (χ4n) is 4.13. The van der Waals surface area contributed by atoms with Gasteiger partial charge in [0, 0.05) is 30.6 Å². The van der Waals surface area contributed by atoms with Crippen LogP contribution in [0, 0.1) is 11.3 Å². The lowest BCUT2D eigenvalue weighted by atomic mass is 9.85. The zero-order valence-electron chi connectivity index (χ0n) is 22.3. The molecule has 208 valence electrons. The van der Waals surface area contributed by atoms with Crippen molar-refractivity contribution < 1.29 is 29.0 Å². The van der Waals surface area contributed by atoms with Gasteiger partial charge in [-0.25, -0.2) is 0 Å². The Morgan fingerprint density at radius 3 is 2.38 bits per heavy atom. The second-order valence-electron chi connectivity index (χ2n) is 10.5. The van der Waals surface area contributed by atoms with E-state index in [-0.39, 0.29) is 12.3 Å². The van der Waals surface area contributed by atoms with Crippen LogP contribution in [-0.2, 0) is 19.1 Å². The van der Waals surface area contributed by atoms with Crippen molar-refractivity contribution in [3.8, 4) is 5.75 Å². The number of rotatable bonds is 15. The summed E-state index contributed by atoms with van der Waals surface area (Å²) in [5, 5.41) is 15.8. The predicted octanol–water partition coefficient (Wildman–Crippen LogP) is 3.35. The van der Waals surface area contributed by atoms with E-state index in [1.54, 1.807) is 24.3 Å². The van der Waals surface area contributed by atoms with E-state index in [0.29, 0.717) is 43.2 Å². The van der Waals surface area contributed by atoms with Crippen molar-refractivity contribution in [3.63, 3.8) is 0 Å². The van der Waals surface area contributed by atoms with Gasteiger partial charge < -0.3 is 25.2 Å². The topological polar surface area (TPSA) is 117 Å². The zero-order chi connectivity index (χ0) is 27.3. The quantitative estimate of drug-likeness (QED) is 0.293. The molecule has 0 saturated carbocycles. The lowest BCUT2D eigenvalue weighted by Crippen LogP contribution is -2.55. The van der Waals surface area contributed by atoms with Crippen LogP contribution in [0.5, 0.6) is 5.75 Å². The lowest BCUT2D eigenvalue weighted by Gasteiger charge is -2.32. The summed E-state index contributed by atoms with van der Waals surface area (Å²) in [4.78, 5) is 39.8. The third-order valence-electron chi connectivity index (χ3n) is 6.29. The molecule has 0 bridgehead atoms. The van der Waals surface area contributed by atoms with Crippen LogP contribution in [-0.4, -0.2) is 79.8 Å². The summed E-state index contributed by atoms with van der Waals surface area (Å²) in [6.45, 7) is 10.7. The second-order valence-corrected chi connectivity index (χ2v) is 10.9. The molecular weight excluding hydrogens is 498 g/mol. The maximum absolute atomic E-state index is 13.1. The SMILES string of the molecule is CC(C)(C)[C@H](NC(=O)[C@H](CCCCOc1ccc(Cl)cc1)CC(=O)O)C(=O)NCCCN1CCOCC1. The average Bonchev–Trinajstić information content (AvgIpc) is 2.84. The minimum absolute atomic E-state index is 0.256. The molecule has 0 radical (unpaired) electrons. The number of hydrogen-bond acceptors (Lipinski definition) is 6. The third-order valence-corrected chi connectivity index (χ3v) is 6.54. The number of ether oxygens (including phenoxy) is 2. The average molecular weight is 540 g/mol. The van der Waals surface area contributed by atoms with E-state index in [1.165, 1.54) is 0 Å². The van der Waals surface area contributed by atoms with Crippen LogP contribution in [0.15, 0.2) is 24.3 Å². The molecule has 2 amide bonds. The van der Waals surface area contributed by atoms with E-state index in [1.807, 2.05) is 20.8 Å². The van der Waals surface area contributed by atoms with E-state index in [4.69, 9.17) is 21.1 Å². The predicted molar refractivity (Wildman–Crippen MR) is 143 cm³/mol. The first-order valence-corrected chi connectivity index (χ1v) is 13.4.